The third kappa shape index (κ3) is 7.37. The molecule has 6 nitrogen and oxygen atoms in total. The highest BCUT2D eigenvalue weighted by molar-refractivity contribution is 5.93. The zero-order chi connectivity index (χ0) is 17.2. The van der Waals surface area contributed by atoms with Gasteiger partial charge in [0.2, 0.25) is 0 Å². The minimum atomic E-state index is -2.92. The molecule has 0 saturated carbocycles. The average Bonchev–Trinajstić information content (AvgIpc) is 2.51. The van der Waals surface area contributed by atoms with E-state index >= 15 is 0 Å². The number of amides is 1. The molecular weight excluding hydrogens is 312 g/mol. The van der Waals surface area contributed by atoms with E-state index in [-0.39, 0.29) is 12.4 Å². The lowest BCUT2D eigenvalue weighted by atomic mass is 10.3. The van der Waals surface area contributed by atoms with Gasteiger partial charge < -0.3 is 19.5 Å². The molecule has 0 bridgehead atoms. The fourth-order valence-corrected chi connectivity index (χ4v) is 1.45. The number of carbonyl (C=O) groups excluding carboxylic acids is 2. The van der Waals surface area contributed by atoms with Gasteiger partial charge in [0, 0.05) is 5.69 Å². The van der Waals surface area contributed by atoms with Crippen LogP contribution in [0.3, 0.4) is 0 Å². The van der Waals surface area contributed by atoms with Crippen LogP contribution in [0.5, 0.6) is 5.75 Å². The Morgan fingerprint density at radius 2 is 1.96 bits per heavy atom. The maximum atomic E-state index is 12.0. The Morgan fingerprint density at radius 3 is 2.52 bits per heavy atom. The summed E-state index contributed by atoms with van der Waals surface area (Å²) in [6.07, 6.45) is 0.671. The van der Waals surface area contributed by atoms with Crippen LogP contribution in [0, 0.1) is 0 Å². The summed E-state index contributed by atoms with van der Waals surface area (Å²) < 4.78 is 38.0. The number of halogens is 2. The zero-order valence-electron chi connectivity index (χ0n) is 12.5. The second-order valence-corrected chi connectivity index (χ2v) is 4.32. The largest absolute Gasteiger partial charge is 0.454 e. The van der Waals surface area contributed by atoms with Crippen LogP contribution in [0.2, 0.25) is 0 Å². The Labute approximate surface area is 132 Å². The van der Waals surface area contributed by atoms with E-state index in [9.17, 15) is 18.4 Å². The van der Waals surface area contributed by atoms with E-state index < -0.39 is 31.2 Å². The molecule has 0 spiro atoms. The van der Waals surface area contributed by atoms with Gasteiger partial charge in [-0.15, -0.1) is 6.58 Å². The summed E-state index contributed by atoms with van der Waals surface area (Å²) in [5, 5.41) is 2.44. The summed E-state index contributed by atoms with van der Waals surface area (Å²) in [6.45, 7) is 1.72. The number of anilines is 1. The number of alkyl halides is 2. The van der Waals surface area contributed by atoms with E-state index in [1.54, 1.807) is 0 Å². The maximum absolute atomic E-state index is 12.0. The van der Waals surface area contributed by atoms with Crippen molar-refractivity contribution in [3.63, 3.8) is 0 Å². The van der Waals surface area contributed by atoms with Gasteiger partial charge in [0.05, 0.1) is 6.61 Å². The summed E-state index contributed by atoms with van der Waals surface area (Å²) in [5.41, 5.74) is 0.351. The van der Waals surface area contributed by atoms with E-state index in [1.165, 1.54) is 37.3 Å². The molecule has 0 aromatic heterocycles. The number of hydrogen-bond acceptors (Lipinski definition) is 5. The number of rotatable bonds is 9. The van der Waals surface area contributed by atoms with Crippen LogP contribution in [0.25, 0.3) is 0 Å². The minimum Gasteiger partial charge on any atom is -0.454 e. The molecule has 0 aliphatic rings. The molecule has 126 valence electrons. The van der Waals surface area contributed by atoms with E-state index in [0.29, 0.717) is 5.69 Å². The standard InChI is InChI=1S/C15H17F2NO5/c1-3-8-21-10(2)14(20)22-9-13(19)18-11-4-6-12(7-5-11)23-15(16)17/h3-7,10,15H,1,8-9H2,2H3,(H,18,19). The molecule has 1 rings (SSSR count). The van der Waals surface area contributed by atoms with Gasteiger partial charge in [-0.25, -0.2) is 4.79 Å². The third-order valence-electron chi connectivity index (χ3n) is 2.50. The predicted molar refractivity (Wildman–Crippen MR) is 78.3 cm³/mol. The highest BCUT2D eigenvalue weighted by Gasteiger charge is 2.16. The highest BCUT2D eigenvalue weighted by Crippen LogP contribution is 2.17. The first-order chi connectivity index (χ1) is 10.9. The summed E-state index contributed by atoms with van der Waals surface area (Å²) in [6, 6.07) is 5.32. The lowest BCUT2D eigenvalue weighted by Gasteiger charge is -2.11. The second kappa shape index (κ2) is 9.52. The third-order valence-corrected chi connectivity index (χ3v) is 2.50. The molecule has 0 saturated heterocycles. The highest BCUT2D eigenvalue weighted by atomic mass is 19.3. The van der Waals surface area contributed by atoms with Crippen LogP contribution in [0.1, 0.15) is 6.92 Å². The number of nitrogens with one attached hydrogen (secondary N) is 1. The molecule has 1 N–H and O–H groups in total. The summed E-state index contributed by atoms with van der Waals surface area (Å²) in [7, 11) is 0. The van der Waals surface area contributed by atoms with Crippen molar-refractivity contribution in [3.05, 3.63) is 36.9 Å². The van der Waals surface area contributed by atoms with Crippen LogP contribution in [-0.4, -0.2) is 37.8 Å². The zero-order valence-corrected chi connectivity index (χ0v) is 12.5. The lowest BCUT2D eigenvalue weighted by molar-refractivity contribution is -0.157. The summed E-state index contributed by atoms with van der Waals surface area (Å²) in [5.74, 6) is -1.28. The molecule has 1 aromatic carbocycles. The fraction of sp³-hybridized carbons (Fsp3) is 0.333. The van der Waals surface area contributed by atoms with E-state index in [4.69, 9.17) is 9.47 Å². The van der Waals surface area contributed by atoms with E-state index in [0.717, 1.165) is 0 Å². The Bertz CT molecular complexity index is 533. The Hall–Kier alpha value is -2.48. The Balaban J connectivity index is 2.38. The summed E-state index contributed by atoms with van der Waals surface area (Å²) >= 11 is 0. The number of ether oxygens (including phenoxy) is 3. The molecule has 0 heterocycles. The van der Waals surface area contributed by atoms with Crippen molar-refractivity contribution in [2.75, 3.05) is 18.5 Å². The molecule has 0 fully saturated rings. The van der Waals surface area contributed by atoms with Gasteiger partial charge in [-0.3, -0.25) is 4.79 Å². The first kappa shape index (κ1) is 18.6. The molecule has 8 heteroatoms. The molecule has 0 aliphatic heterocycles. The Morgan fingerprint density at radius 1 is 1.30 bits per heavy atom. The fourth-order valence-electron chi connectivity index (χ4n) is 1.45. The molecule has 23 heavy (non-hydrogen) atoms. The average molecular weight is 329 g/mol. The summed E-state index contributed by atoms with van der Waals surface area (Å²) in [4.78, 5) is 23.1. The normalized spacial score (nSPS) is 11.7. The number of carbonyl (C=O) groups is 2. The topological polar surface area (TPSA) is 73.9 Å². The van der Waals surface area contributed by atoms with E-state index in [2.05, 4.69) is 16.6 Å². The van der Waals surface area contributed by atoms with Gasteiger partial charge in [-0.2, -0.15) is 8.78 Å². The van der Waals surface area contributed by atoms with Crippen molar-refractivity contribution in [3.8, 4) is 5.75 Å². The predicted octanol–water partition coefficient (Wildman–Crippen LogP) is 2.36. The lowest BCUT2D eigenvalue weighted by Crippen LogP contribution is -2.28. The molecule has 1 atom stereocenters. The van der Waals surface area contributed by atoms with Crippen molar-refractivity contribution in [2.24, 2.45) is 0 Å². The second-order valence-electron chi connectivity index (χ2n) is 4.32. The molecule has 1 aromatic rings. The van der Waals surface area contributed by atoms with Crippen LogP contribution >= 0.6 is 0 Å². The number of hydrogen-bond donors (Lipinski definition) is 1. The van der Waals surface area contributed by atoms with Crippen molar-refractivity contribution in [1.29, 1.82) is 0 Å². The van der Waals surface area contributed by atoms with Crippen LogP contribution in [0.15, 0.2) is 36.9 Å². The molecule has 1 amide bonds. The van der Waals surface area contributed by atoms with Crippen molar-refractivity contribution >= 4 is 17.6 Å². The van der Waals surface area contributed by atoms with Crippen molar-refractivity contribution < 1.29 is 32.6 Å². The molecule has 0 aliphatic carbocycles. The van der Waals surface area contributed by atoms with Crippen LogP contribution in [0.4, 0.5) is 14.5 Å². The molecule has 0 radical (unpaired) electrons. The van der Waals surface area contributed by atoms with Crippen molar-refractivity contribution in [1.82, 2.24) is 0 Å². The number of esters is 1. The van der Waals surface area contributed by atoms with Gasteiger partial charge in [-0.1, -0.05) is 6.08 Å². The number of benzene rings is 1. The first-order valence-corrected chi connectivity index (χ1v) is 6.66. The SMILES string of the molecule is C=CCOC(C)C(=O)OCC(=O)Nc1ccc(OC(F)F)cc1. The Kier molecular flexibility index (Phi) is 7.69. The van der Waals surface area contributed by atoms with Gasteiger partial charge >= 0.3 is 12.6 Å². The van der Waals surface area contributed by atoms with E-state index in [1.807, 2.05) is 0 Å². The monoisotopic (exact) mass is 329 g/mol. The minimum absolute atomic E-state index is 0.0300. The van der Waals surface area contributed by atoms with Crippen molar-refractivity contribution in [2.45, 2.75) is 19.6 Å². The van der Waals surface area contributed by atoms with Gasteiger partial charge in [0.1, 0.15) is 5.75 Å². The smallest absolute Gasteiger partial charge is 0.387 e. The molecular formula is C15H17F2NO5. The van der Waals surface area contributed by atoms with Gasteiger partial charge in [0.25, 0.3) is 5.91 Å². The van der Waals surface area contributed by atoms with Gasteiger partial charge in [0.15, 0.2) is 12.7 Å². The maximum Gasteiger partial charge on any atom is 0.387 e. The quantitative estimate of drug-likeness (QED) is 0.556. The van der Waals surface area contributed by atoms with Crippen LogP contribution < -0.4 is 10.1 Å². The first-order valence-electron chi connectivity index (χ1n) is 6.66. The van der Waals surface area contributed by atoms with Crippen LogP contribution in [-0.2, 0) is 19.1 Å². The molecule has 1 unspecified atom stereocenters. The van der Waals surface area contributed by atoms with Gasteiger partial charge in [-0.05, 0) is 31.2 Å².